The standard InChI is InChI=1S/C25H27NO2S/c1-18(28-20-16-14-19(15-17-20)25(2,3)4)24(27)26-22-12-8-9-13-23(22)29-21-10-6-5-7-11-21/h5-18H,1-4H3,(H,26,27)/t18-/m1/s1. The predicted octanol–water partition coefficient (Wildman–Crippen LogP) is 6.54. The van der Waals surface area contributed by atoms with Gasteiger partial charge in [0.2, 0.25) is 0 Å². The summed E-state index contributed by atoms with van der Waals surface area (Å²) >= 11 is 1.62. The van der Waals surface area contributed by atoms with Gasteiger partial charge in [-0.2, -0.15) is 0 Å². The van der Waals surface area contributed by atoms with Gasteiger partial charge in [0.1, 0.15) is 5.75 Å². The summed E-state index contributed by atoms with van der Waals surface area (Å²) in [7, 11) is 0. The Hall–Kier alpha value is -2.72. The highest BCUT2D eigenvalue weighted by Crippen LogP contribution is 2.33. The minimum absolute atomic E-state index is 0.0850. The van der Waals surface area contributed by atoms with Gasteiger partial charge in [-0.25, -0.2) is 0 Å². The number of ether oxygens (including phenoxy) is 1. The molecule has 0 unspecified atom stereocenters. The van der Waals surface area contributed by atoms with Crippen LogP contribution in [0, 0.1) is 0 Å². The Bertz CT molecular complexity index is 947. The minimum atomic E-state index is -0.606. The van der Waals surface area contributed by atoms with Crippen molar-refractivity contribution in [1.29, 1.82) is 0 Å². The fourth-order valence-corrected chi connectivity index (χ4v) is 3.72. The van der Waals surface area contributed by atoms with Gasteiger partial charge in [0.15, 0.2) is 6.10 Å². The lowest BCUT2D eigenvalue weighted by molar-refractivity contribution is -0.122. The number of benzene rings is 3. The summed E-state index contributed by atoms with van der Waals surface area (Å²) in [6, 6.07) is 25.8. The molecule has 4 heteroatoms. The van der Waals surface area contributed by atoms with Crippen LogP contribution in [0.5, 0.6) is 5.75 Å². The van der Waals surface area contributed by atoms with Crippen LogP contribution in [0.3, 0.4) is 0 Å². The summed E-state index contributed by atoms with van der Waals surface area (Å²) in [4.78, 5) is 14.8. The van der Waals surface area contributed by atoms with Crippen molar-refractivity contribution in [2.24, 2.45) is 0 Å². The van der Waals surface area contributed by atoms with E-state index >= 15 is 0 Å². The molecule has 29 heavy (non-hydrogen) atoms. The third-order valence-electron chi connectivity index (χ3n) is 4.52. The number of carbonyl (C=O) groups is 1. The molecular formula is C25H27NO2S. The van der Waals surface area contributed by atoms with Crippen molar-refractivity contribution in [3.8, 4) is 5.75 Å². The molecule has 0 aliphatic carbocycles. The first-order chi connectivity index (χ1) is 13.8. The molecule has 1 amide bonds. The van der Waals surface area contributed by atoms with Crippen molar-refractivity contribution in [2.75, 3.05) is 5.32 Å². The molecule has 150 valence electrons. The quantitative estimate of drug-likeness (QED) is 0.506. The van der Waals surface area contributed by atoms with E-state index in [0.29, 0.717) is 5.75 Å². The highest BCUT2D eigenvalue weighted by molar-refractivity contribution is 7.99. The molecule has 1 atom stereocenters. The maximum Gasteiger partial charge on any atom is 0.265 e. The van der Waals surface area contributed by atoms with E-state index < -0.39 is 6.10 Å². The van der Waals surface area contributed by atoms with E-state index in [4.69, 9.17) is 4.74 Å². The fourth-order valence-electron chi connectivity index (χ4n) is 2.80. The van der Waals surface area contributed by atoms with E-state index in [1.807, 2.05) is 66.7 Å². The topological polar surface area (TPSA) is 38.3 Å². The monoisotopic (exact) mass is 405 g/mol. The van der Waals surface area contributed by atoms with Gasteiger partial charge in [0.25, 0.3) is 5.91 Å². The molecule has 3 aromatic rings. The highest BCUT2D eigenvalue weighted by Gasteiger charge is 2.18. The van der Waals surface area contributed by atoms with Crippen molar-refractivity contribution >= 4 is 23.4 Å². The number of hydrogen-bond donors (Lipinski definition) is 1. The van der Waals surface area contributed by atoms with Crippen LogP contribution in [0.25, 0.3) is 0 Å². The van der Waals surface area contributed by atoms with E-state index in [0.717, 1.165) is 15.5 Å². The molecule has 0 fully saturated rings. The minimum Gasteiger partial charge on any atom is -0.481 e. The van der Waals surface area contributed by atoms with E-state index in [-0.39, 0.29) is 11.3 Å². The number of anilines is 1. The molecule has 0 spiro atoms. The summed E-state index contributed by atoms with van der Waals surface area (Å²) in [5.74, 6) is 0.513. The van der Waals surface area contributed by atoms with Crippen LogP contribution in [0.2, 0.25) is 0 Å². The van der Waals surface area contributed by atoms with Crippen molar-refractivity contribution in [3.05, 3.63) is 84.4 Å². The maximum atomic E-state index is 12.7. The fraction of sp³-hybridized carbons (Fsp3) is 0.240. The second-order valence-electron chi connectivity index (χ2n) is 7.93. The van der Waals surface area contributed by atoms with Crippen LogP contribution in [-0.2, 0) is 10.2 Å². The molecule has 0 saturated heterocycles. The summed E-state index contributed by atoms with van der Waals surface area (Å²) in [6.45, 7) is 8.28. The van der Waals surface area contributed by atoms with Crippen molar-refractivity contribution in [2.45, 2.75) is 49.0 Å². The molecule has 3 nitrogen and oxygen atoms in total. The van der Waals surface area contributed by atoms with Gasteiger partial charge in [-0.15, -0.1) is 0 Å². The average molecular weight is 406 g/mol. The number of carbonyl (C=O) groups excluding carboxylic acids is 1. The SMILES string of the molecule is C[C@@H](Oc1ccc(C(C)(C)C)cc1)C(=O)Nc1ccccc1Sc1ccccc1. The molecule has 0 aliphatic rings. The lowest BCUT2D eigenvalue weighted by Crippen LogP contribution is -2.30. The molecule has 0 aromatic heterocycles. The number of nitrogens with one attached hydrogen (secondary N) is 1. The number of para-hydroxylation sites is 1. The zero-order chi connectivity index (χ0) is 20.9. The molecule has 3 aromatic carbocycles. The Morgan fingerprint density at radius 3 is 2.17 bits per heavy atom. The number of amides is 1. The molecule has 0 aliphatic heterocycles. The van der Waals surface area contributed by atoms with Crippen molar-refractivity contribution < 1.29 is 9.53 Å². The second-order valence-corrected chi connectivity index (χ2v) is 9.05. The zero-order valence-electron chi connectivity index (χ0n) is 17.3. The van der Waals surface area contributed by atoms with Crippen LogP contribution in [0.15, 0.2) is 88.7 Å². The van der Waals surface area contributed by atoms with Crippen molar-refractivity contribution in [1.82, 2.24) is 0 Å². The second kappa shape index (κ2) is 9.19. The first kappa shape index (κ1) is 21.0. The Morgan fingerprint density at radius 2 is 1.52 bits per heavy atom. The third-order valence-corrected chi connectivity index (χ3v) is 5.60. The normalized spacial score (nSPS) is 12.3. The predicted molar refractivity (Wildman–Crippen MR) is 121 cm³/mol. The summed E-state index contributed by atoms with van der Waals surface area (Å²) < 4.78 is 5.86. The molecule has 1 N–H and O–H groups in total. The molecule has 3 rings (SSSR count). The van der Waals surface area contributed by atoms with E-state index in [2.05, 4.69) is 38.2 Å². The van der Waals surface area contributed by atoms with Gasteiger partial charge in [-0.05, 0) is 54.3 Å². The Morgan fingerprint density at radius 1 is 0.897 bits per heavy atom. The summed E-state index contributed by atoms with van der Waals surface area (Å²) in [6.07, 6.45) is -0.606. The van der Waals surface area contributed by atoms with Gasteiger partial charge in [-0.1, -0.05) is 75.0 Å². The molecule has 0 bridgehead atoms. The molecule has 0 heterocycles. The van der Waals surface area contributed by atoms with Crippen LogP contribution < -0.4 is 10.1 Å². The third kappa shape index (κ3) is 5.88. The van der Waals surface area contributed by atoms with Crippen LogP contribution >= 0.6 is 11.8 Å². The molecule has 0 radical (unpaired) electrons. The average Bonchev–Trinajstić information content (AvgIpc) is 2.70. The first-order valence-electron chi connectivity index (χ1n) is 9.73. The van der Waals surface area contributed by atoms with Crippen molar-refractivity contribution in [3.63, 3.8) is 0 Å². The van der Waals surface area contributed by atoms with Gasteiger partial charge < -0.3 is 10.1 Å². The van der Waals surface area contributed by atoms with E-state index in [1.54, 1.807) is 18.7 Å². The molecule has 0 saturated carbocycles. The van der Waals surface area contributed by atoms with Gasteiger partial charge in [0, 0.05) is 9.79 Å². The van der Waals surface area contributed by atoms with Gasteiger partial charge in [-0.3, -0.25) is 4.79 Å². The highest BCUT2D eigenvalue weighted by atomic mass is 32.2. The number of rotatable bonds is 6. The van der Waals surface area contributed by atoms with E-state index in [1.165, 1.54) is 5.56 Å². The summed E-state index contributed by atoms with van der Waals surface area (Å²) in [5, 5.41) is 3.00. The lowest BCUT2D eigenvalue weighted by atomic mass is 9.87. The largest absolute Gasteiger partial charge is 0.481 e. The van der Waals surface area contributed by atoms with Gasteiger partial charge >= 0.3 is 0 Å². The lowest BCUT2D eigenvalue weighted by Gasteiger charge is -2.20. The van der Waals surface area contributed by atoms with Crippen LogP contribution in [0.4, 0.5) is 5.69 Å². The Balaban J connectivity index is 1.65. The first-order valence-corrected chi connectivity index (χ1v) is 10.5. The smallest absolute Gasteiger partial charge is 0.265 e. The number of hydrogen-bond acceptors (Lipinski definition) is 3. The zero-order valence-corrected chi connectivity index (χ0v) is 18.1. The van der Waals surface area contributed by atoms with Crippen LogP contribution in [-0.4, -0.2) is 12.0 Å². The maximum absolute atomic E-state index is 12.7. The molecular weight excluding hydrogens is 378 g/mol. The Kier molecular flexibility index (Phi) is 6.65. The van der Waals surface area contributed by atoms with Gasteiger partial charge in [0.05, 0.1) is 5.69 Å². The Labute approximate surface area is 177 Å². The van der Waals surface area contributed by atoms with Crippen LogP contribution in [0.1, 0.15) is 33.3 Å². The summed E-state index contributed by atoms with van der Waals surface area (Å²) in [5.41, 5.74) is 2.10. The van der Waals surface area contributed by atoms with E-state index in [9.17, 15) is 4.79 Å².